The number of esters is 1. The van der Waals surface area contributed by atoms with Crippen molar-refractivity contribution in [3.63, 3.8) is 0 Å². The highest BCUT2D eigenvalue weighted by Crippen LogP contribution is 2.29. The number of benzene rings is 2. The van der Waals surface area contributed by atoms with E-state index in [4.69, 9.17) is 15.2 Å². The summed E-state index contributed by atoms with van der Waals surface area (Å²) in [5.74, 6) is 0.0522. The van der Waals surface area contributed by atoms with Gasteiger partial charge in [-0.05, 0) is 83.1 Å². The fraction of sp³-hybridized carbons (Fsp3) is 0.348. The summed E-state index contributed by atoms with van der Waals surface area (Å²) in [6.07, 6.45) is 6.50. The van der Waals surface area contributed by atoms with Gasteiger partial charge in [0.05, 0.1) is 12.8 Å². The molecule has 0 saturated heterocycles. The topological polar surface area (TPSA) is 93.8 Å². The van der Waals surface area contributed by atoms with E-state index in [1.54, 1.807) is 18.2 Å². The molecule has 0 spiro atoms. The highest BCUT2D eigenvalue weighted by molar-refractivity contribution is 9.11. The molecule has 1 fully saturated rings. The molecule has 8 heteroatoms. The molecule has 0 atom stereocenters. The number of nitrogen functional groups attached to an aromatic ring is 1. The quantitative estimate of drug-likeness (QED) is 0.249. The van der Waals surface area contributed by atoms with Crippen LogP contribution in [0.3, 0.4) is 0 Å². The second-order valence-electron chi connectivity index (χ2n) is 7.52. The van der Waals surface area contributed by atoms with E-state index in [0.29, 0.717) is 18.3 Å². The normalized spacial score (nSPS) is 18.8. The number of carbonyl (C=O) groups excluding carboxylic acids is 1. The second kappa shape index (κ2) is 11.0. The van der Waals surface area contributed by atoms with Crippen molar-refractivity contribution in [2.45, 2.75) is 44.4 Å². The van der Waals surface area contributed by atoms with Crippen molar-refractivity contribution in [1.29, 1.82) is 0 Å². The summed E-state index contributed by atoms with van der Waals surface area (Å²) >= 11 is 6.97. The Balaban J connectivity index is 1.44. The van der Waals surface area contributed by atoms with Gasteiger partial charge in [0.2, 0.25) is 0 Å². The van der Waals surface area contributed by atoms with E-state index in [1.807, 2.05) is 12.1 Å². The maximum atomic E-state index is 12.2. The Morgan fingerprint density at radius 3 is 2.68 bits per heavy atom. The first-order valence-electron chi connectivity index (χ1n) is 10.1. The summed E-state index contributed by atoms with van der Waals surface area (Å²) in [6.45, 7) is 0.692. The maximum absolute atomic E-state index is 12.2. The maximum Gasteiger partial charge on any atom is 0.331 e. The summed E-state index contributed by atoms with van der Waals surface area (Å²) in [5, 5.41) is 13.2. The molecule has 0 aromatic heterocycles. The fourth-order valence-electron chi connectivity index (χ4n) is 3.59. The van der Waals surface area contributed by atoms with Crippen LogP contribution in [0.25, 0.3) is 6.08 Å². The van der Waals surface area contributed by atoms with Gasteiger partial charge in [0, 0.05) is 27.6 Å². The average Bonchev–Trinajstić information content (AvgIpc) is 2.75. The molecule has 0 amide bonds. The third kappa shape index (κ3) is 6.72. The van der Waals surface area contributed by atoms with Gasteiger partial charge in [0.15, 0.2) is 11.5 Å². The molecular formula is C23H26Br2N2O4. The lowest BCUT2D eigenvalue weighted by Crippen LogP contribution is -2.35. The van der Waals surface area contributed by atoms with E-state index in [0.717, 1.165) is 51.4 Å². The van der Waals surface area contributed by atoms with Crippen molar-refractivity contribution in [2.24, 2.45) is 0 Å². The van der Waals surface area contributed by atoms with Gasteiger partial charge in [-0.25, -0.2) is 4.79 Å². The van der Waals surface area contributed by atoms with E-state index >= 15 is 0 Å². The van der Waals surface area contributed by atoms with Gasteiger partial charge < -0.3 is 25.6 Å². The number of halogens is 2. The number of hydrogen-bond donors (Lipinski definition) is 3. The van der Waals surface area contributed by atoms with Gasteiger partial charge in [0.1, 0.15) is 6.10 Å². The lowest BCUT2D eigenvalue weighted by molar-refractivity contribution is -0.144. The van der Waals surface area contributed by atoms with E-state index < -0.39 is 0 Å². The number of methoxy groups -OCH3 is 1. The number of phenolic OH excluding ortho intramolecular Hbond substituents is 1. The van der Waals surface area contributed by atoms with Crippen molar-refractivity contribution in [3.8, 4) is 11.5 Å². The lowest BCUT2D eigenvalue weighted by atomic mass is 9.92. The van der Waals surface area contributed by atoms with Gasteiger partial charge in [0.25, 0.3) is 0 Å². The molecule has 0 unspecified atom stereocenters. The van der Waals surface area contributed by atoms with Crippen LogP contribution < -0.4 is 15.8 Å². The molecule has 166 valence electrons. The zero-order valence-electron chi connectivity index (χ0n) is 17.2. The molecule has 0 aliphatic heterocycles. The highest BCUT2D eigenvalue weighted by atomic mass is 79.9. The van der Waals surface area contributed by atoms with Gasteiger partial charge in [-0.1, -0.05) is 22.0 Å². The Bertz CT molecular complexity index is 957. The number of phenols is 1. The van der Waals surface area contributed by atoms with E-state index in [2.05, 4.69) is 37.2 Å². The first-order valence-corrected chi connectivity index (χ1v) is 11.7. The van der Waals surface area contributed by atoms with Crippen molar-refractivity contribution < 1.29 is 19.4 Å². The molecule has 2 aromatic rings. The molecule has 1 aliphatic rings. The van der Waals surface area contributed by atoms with Crippen molar-refractivity contribution in [3.05, 3.63) is 56.5 Å². The van der Waals surface area contributed by atoms with Crippen LogP contribution >= 0.6 is 31.9 Å². The number of rotatable bonds is 7. The molecule has 31 heavy (non-hydrogen) atoms. The average molecular weight is 554 g/mol. The molecule has 2 aromatic carbocycles. The van der Waals surface area contributed by atoms with Crippen molar-refractivity contribution in [2.75, 3.05) is 12.8 Å². The molecule has 0 heterocycles. The number of hydrogen-bond acceptors (Lipinski definition) is 6. The molecule has 0 bridgehead atoms. The van der Waals surface area contributed by atoms with Crippen LogP contribution in [-0.2, 0) is 16.1 Å². The van der Waals surface area contributed by atoms with Gasteiger partial charge in [-0.2, -0.15) is 0 Å². The first kappa shape index (κ1) is 23.6. The minimum absolute atomic E-state index is 0.0582. The minimum Gasteiger partial charge on any atom is -0.504 e. The Morgan fingerprint density at radius 1 is 1.23 bits per heavy atom. The van der Waals surface area contributed by atoms with Crippen LogP contribution in [0.2, 0.25) is 0 Å². The van der Waals surface area contributed by atoms with Gasteiger partial charge in [-0.15, -0.1) is 0 Å². The van der Waals surface area contributed by atoms with Crippen LogP contribution in [0.15, 0.2) is 45.4 Å². The SMILES string of the molecule is COc1cc(/C=C/C(=O)OC2CCC(NCc3cc(Br)cc(Br)c3N)CC2)ccc1O. The van der Waals surface area contributed by atoms with Crippen LogP contribution in [0.5, 0.6) is 11.5 Å². The number of ether oxygens (including phenoxy) is 2. The molecule has 3 rings (SSSR count). The largest absolute Gasteiger partial charge is 0.504 e. The Labute approximate surface area is 199 Å². The smallest absolute Gasteiger partial charge is 0.331 e. The Morgan fingerprint density at radius 2 is 1.97 bits per heavy atom. The number of nitrogens with two attached hydrogens (primary N) is 1. The Hall–Kier alpha value is -2.03. The van der Waals surface area contributed by atoms with E-state index in [9.17, 15) is 9.90 Å². The molecule has 1 aliphatic carbocycles. The minimum atomic E-state index is -0.366. The van der Waals surface area contributed by atoms with Crippen molar-refractivity contribution >= 4 is 49.6 Å². The van der Waals surface area contributed by atoms with E-state index in [-0.39, 0.29) is 17.8 Å². The number of aromatic hydroxyl groups is 1. The number of anilines is 1. The Kier molecular flexibility index (Phi) is 8.40. The zero-order chi connectivity index (χ0) is 22.4. The molecule has 6 nitrogen and oxygen atoms in total. The van der Waals surface area contributed by atoms with Gasteiger partial charge in [-0.3, -0.25) is 0 Å². The predicted molar refractivity (Wildman–Crippen MR) is 129 cm³/mol. The van der Waals surface area contributed by atoms with Crippen LogP contribution in [-0.4, -0.2) is 30.3 Å². The number of carbonyl (C=O) groups is 1. The molecular weight excluding hydrogens is 528 g/mol. The summed E-state index contributed by atoms with van der Waals surface area (Å²) in [4.78, 5) is 12.2. The highest BCUT2D eigenvalue weighted by Gasteiger charge is 2.23. The monoisotopic (exact) mass is 552 g/mol. The van der Waals surface area contributed by atoms with Crippen LogP contribution in [0, 0.1) is 0 Å². The molecule has 4 N–H and O–H groups in total. The fourth-order valence-corrected chi connectivity index (χ4v) is 4.90. The van der Waals surface area contributed by atoms with Gasteiger partial charge >= 0.3 is 5.97 Å². The van der Waals surface area contributed by atoms with Crippen LogP contribution in [0.1, 0.15) is 36.8 Å². The summed E-state index contributed by atoms with van der Waals surface area (Å²) in [5.41, 5.74) is 8.69. The van der Waals surface area contributed by atoms with E-state index in [1.165, 1.54) is 19.3 Å². The summed E-state index contributed by atoms with van der Waals surface area (Å²) < 4.78 is 12.5. The summed E-state index contributed by atoms with van der Waals surface area (Å²) in [7, 11) is 1.48. The zero-order valence-corrected chi connectivity index (χ0v) is 20.4. The predicted octanol–water partition coefficient (Wildman–Crippen LogP) is 5.17. The number of nitrogens with one attached hydrogen (secondary N) is 1. The first-order chi connectivity index (χ1) is 14.9. The van der Waals surface area contributed by atoms with Crippen LogP contribution in [0.4, 0.5) is 5.69 Å². The summed E-state index contributed by atoms with van der Waals surface area (Å²) in [6, 6.07) is 9.22. The molecule has 1 saturated carbocycles. The second-order valence-corrected chi connectivity index (χ2v) is 9.29. The third-order valence-corrected chi connectivity index (χ3v) is 6.45. The lowest BCUT2D eigenvalue weighted by Gasteiger charge is -2.29. The van der Waals surface area contributed by atoms with Crippen molar-refractivity contribution in [1.82, 2.24) is 5.32 Å². The molecule has 0 radical (unpaired) electrons. The third-order valence-electron chi connectivity index (χ3n) is 5.33. The standard InChI is InChI=1S/C23H26Br2N2O4/c1-30-21-10-14(2-8-20(21)28)3-9-22(29)31-18-6-4-17(5-7-18)27-13-15-11-16(24)12-19(25)23(15)26/h2-3,8-12,17-18,27-28H,4-7,13,26H2,1H3/b9-3+.